The van der Waals surface area contributed by atoms with Gasteiger partial charge in [-0.05, 0) is 43.6 Å². The van der Waals surface area contributed by atoms with Crippen molar-refractivity contribution in [1.29, 1.82) is 0 Å². The molecule has 0 atom stereocenters. The Morgan fingerprint density at radius 3 is 2.06 bits per heavy atom. The van der Waals surface area contributed by atoms with Crippen LogP contribution in [-0.2, 0) is 13.0 Å². The van der Waals surface area contributed by atoms with Gasteiger partial charge in [0.1, 0.15) is 0 Å². The molecule has 18 heavy (non-hydrogen) atoms. The van der Waals surface area contributed by atoms with E-state index >= 15 is 0 Å². The molecule has 0 aromatic heterocycles. The van der Waals surface area contributed by atoms with E-state index in [0.29, 0.717) is 0 Å². The predicted molar refractivity (Wildman–Crippen MR) is 82.0 cm³/mol. The molecule has 0 unspecified atom stereocenters. The number of rotatable bonds is 7. The van der Waals surface area contributed by atoms with Crippen molar-refractivity contribution in [1.82, 2.24) is 10.6 Å². The highest BCUT2D eigenvalue weighted by Crippen LogP contribution is 2.05. The third-order valence-electron chi connectivity index (χ3n) is 2.57. The summed E-state index contributed by atoms with van der Waals surface area (Å²) in [6, 6.07) is 8.89. The van der Waals surface area contributed by atoms with Gasteiger partial charge in [0, 0.05) is 6.54 Å². The average molecular weight is 250 g/mol. The van der Waals surface area contributed by atoms with Crippen molar-refractivity contribution in [2.75, 3.05) is 20.1 Å². The molecule has 0 heterocycles. The first-order valence-corrected chi connectivity index (χ1v) is 7.15. The van der Waals surface area contributed by atoms with Crippen LogP contribution < -0.4 is 10.6 Å². The summed E-state index contributed by atoms with van der Waals surface area (Å²) in [7, 11) is 1.99. The molecule has 104 valence electrons. The van der Waals surface area contributed by atoms with Crippen molar-refractivity contribution < 1.29 is 0 Å². The van der Waals surface area contributed by atoms with E-state index < -0.39 is 0 Å². The van der Waals surface area contributed by atoms with Crippen molar-refractivity contribution in [3.05, 3.63) is 35.4 Å². The van der Waals surface area contributed by atoms with Crippen LogP contribution in [0.25, 0.3) is 0 Å². The summed E-state index contributed by atoms with van der Waals surface area (Å²) in [6.07, 6.45) is 1.11. The number of nitrogens with one attached hydrogen (secondary N) is 2. The lowest BCUT2D eigenvalue weighted by molar-refractivity contribution is 0.552. The van der Waals surface area contributed by atoms with E-state index in [2.05, 4.69) is 48.7 Å². The van der Waals surface area contributed by atoms with Gasteiger partial charge < -0.3 is 10.6 Å². The lowest BCUT2D eigenvalue weighted by atomic mass is 10.1. The summed E-state index contributed by atoms with van der Waals surface area (Å²) in [6.45, 7) is 11.6. The van der Waals surface area contributed by atoms with Crippen LogP contribution in [0.3, 0.4) is 0 Å². The van der Waals surface area contributed by atoms with Gasteiger partial charge in [-0.15, -0.1) is 0 Å². The normalized spacial score (nSPS) is 10.1. The second-order valence-electron chi connectivity index (χ2n) is 4.69. The van der Waals surface area contributed by atoms with Gasteiger partial charge in [0.2, 0.25) is 0 Å². The Kier molecular flexibility index (Phi) is 10.7. The van der Waals surface area contributed by atoms with Crippen LogP contribution in [0.1, 0.15) is 38.8 Å². The first-order chi connectivity index (χ1) is 8.72. The van der Waals surface area contributed by atoms with Crippen LogP contribution in [-0.4, -0.2) is 20.1 Å². The van der Waals surface area contributed by atoms with Gasteiger partial charge >= 0.3 is 0 Å². The number of benzene rings is 1. The molecule has 1 aromatic carbocycles. The van der Waals surface area contributed by atoms with Gasteiger partial charge in [0.15, 0.2) is 0 Å². The molecule has 1 rings (SSSR count). The maximum atomic E-state index is 3.45. The average Bonchev–Trinajstić information content (AvgIpc) is 2.40. The molecule has 0 fully saturated rings. The summed E-state index contributed by atoms with van der Waals surface area (Å²) in [5.41, 5.74) is 2.77. The van der Waals surface area contributed by atoms with Gasteiger partial charge in [-0.3, -0.25) is 0 Å². The van der Waals surface area contributed by atoms with Crippen molar-refractivity contribution in [2.24, 2.45) is 5.92 Å². The topological polar surface area (TPSA) is 24.1 Å². The van der Waals surface area contributed by atoms with E-state index in [9.17, 15) is 0 Å². The Morgan fingerprint density at radius 2 is 1.56 bits per heavy atom. The van der Waals surface area contributed by atoms with Crippen molar-refractivity contribution in [3.8, 4) is 0 Å². The minimum Gasteiger partial charge on any atom is -0.319 e. The first-order valence-electron chi connectivity index (χ1n) is 7.15. The highest BCUT2D eigenvalue weighted by atomic mass is 14.8. The molecule has 2 N–H and O–H groups in total. The van der Waals surface area contributed by atoms with Crippen molar-refractivity contribution in [2.45, 2.75) is 40.7 Å². The van der Waals surface area contributed by atoms with E-state index in [1.165, 1.54) is 11.1 Å². The number of hydrogen-bond acceptors (Lipinski definition) is 2. The van der Waals surface area contributed by atoms with Crippen LogP contribution >= 0.6 is 0 Å². The fraction of sp³-hybridized carbons (Fsp3) is 0.625. The third kappa shape index (κ3) is 8.26. The molecular formula is C16H30N2. The zero-order chi connectivity index (χ0) is 13.8. The van der Waals surface area contributed by atoms with E-state index in [-0.39, 0.29) is 0 Å². The summed E-state index contributed by atoms with van der Waals surface area (Å²) >= 11 is 0. The maximum absolute atomic E-state index is 3.45. The Labute approximate surface area is 113 Å². The van der Waals surface area contributed by atoms with Crippen LogP contribution in [0, 0.1) is 5.92 Å². The first kappa shape index (κ1) is 17.1. The lowest BCUT2D eigenvalue weighted by Gasteiger charge is -2.08. The highest BCUT2D eigenvalue weighted by Gasteiger charge is 1.96. The molecule has 0 aliphatic heterocycles. The molecule has 0 aliphatic carbocycles. The fourth-order valence-electron chi connectivity index (χ4n) is 1.60. The zero-order valence-electron chi connectivity index (χ0n) is 12.7. The predicted octanol–water partition coefficient (Wildman–Crippen LogP) is 3.22. The third-order valence-corrected chi connectivity index (χ3v) is 2.57. The molecule has 0 saturated heterocycles. The summed E-state index contributed by atoms with van der Waals surface area (Å²) < 4.78 is 0. The van der Waals surface area contributed by atoms with E-state index in [1.54, 1.807) is 0 Å². The minimum absolute atomic E-state index is 0.718. The molecule has 0 aliphatic rings. The Bertz CT molecular complexity index is 278. The molecule has 2 nitrogen and oxygen atoms in total. The summed E-state index contributed by atoms with van der Waals surface area (Å²) in [4.78, 5) is 0. The molecule has 0 amide bonds. The fourth-order valence-corrected chi connectivity index (χ4v) is 1.60. The largest absolute Gasteiger partial charge is 0.319 e. The van der Waals surface area contributed by atoms with Gasteiger partial charge in [-0.2, -0.15) is 0 Å². The SMILES string of the molecule is CC.CNCCc1ccc(CNCC(C)C)cc1. The molecular weight excluding hydrogens is 220 g/mol. The van der Waals surface area contributed by atoms with Crippen molar-refractivity contribution >= 4 is 0 Å². The summed E-state index contributed by atoms with van der Waals surface area (Å²) in [5.74, 6) is 0.718. The van der Waals surface area contributed by atoms with Gasteiger partial charge in [-0.1, -0.05) is 52.0 Å². The lowest BCUT2D eigenvalue weighted by Crippen LogP contribution is -2.18. The molecule has 0 saturated carbocycles. The minimum atomic E-state index is 0.718. The van der Waals surface area contributed by atoms with Crippen LogP contribution in [0.15, 0.2) is 24.3 Å². The van der Waals surface area contributed by atoms with E-state index in [1.807, 2.05) is 20.9 Å². The second-order valence-corrected chi connectivity index (χ2v) is 4.69. The second kappa shape index (κ2) is 11.2. The van der Waals surface area contributed by atoms with Crippen molar-refractivity contribution in [3.63, 3.8) is 0 Å². The zero-order valence-corrected chi connectivity index (χ0v) is 12.7. The van der Waals surface area contributed by atoms with Gasteiger partial charge in [-0.25, -0.2) is 0 Å². The number of likely N-dealkylation sites (N-methyl/N-ethyl adjacent to an activating group) is 1. The molecule has 0 radical (unpaired) electrons. The van der Waals surface area contributed by atoms with E-state index in [0.717, 1.165) is 32.0 Å². The molecule has 2 heteroatoms. The standard InChI is InChI=1S/C14H24N2.C2H6/c1-12(2)10-16-11-14-6-4-13(5-7-14)8-9-15-3;1-2/h4-7,12,15-16H,8-11H2,1-3H3;1-2H3. The monoisotopic (exact) mass is 250 g/mol. The molecule has 1 aromatic rings. The summed E-state index contributed by atoms with van der Waals surface area (Å²) in [5, 5.41) is 6.62. The Balaban J connectivity index is 0.00000137. The Morgan fingerprint density at radius 1 is 1.00 bits per heavy atom. The van der Waals surface area contributed by atoms with Gasteiger partial charge in [0.05, 0.1) is 0 Å². The Hall–Kier alpha value is -0.860. The number of hydrogen-bond donors (Lipinski definition) is 2. The van der Waals surface area contributed by atoms with Crippen LogP contribution in [0.2, 0.25) is 0 Å². The van der Waals surface area contributed by atoms with Crippen LogP contribution in [0.4, 0.5) is 0 Å². The highest BCUT2D eigenvalue weighted by molar-refractivity contribution is 5.22. The van der Waals surface area contributed by atoms with Gasteiger partial charge in [0.25, 0.3) is 0 Å². The molecule has 0 bridgehead atoms. The molecule has 0 spiro atoms. The smallest absolute Gasteiger partial charge is 0.0205 e. The van der Waals surface area contributed by atoms with Crippen LogP contribution in [0.5, 0.6) is 0 Å². The maximum Gasteiger partial charge on any atom is 0.0205 e. The van der Waals surface area contributed by atoms with E-state index in [4.69, 9.17) is 0 Å². The quantitative estimate of drug-likeness (QED) is 0.776.